The van der Waals surface area contributed by atoms with Crippen molar-refractivity contribution in [1.29, 1.82) is 0 Å². The molecule has 0 amide bonds. The number of hydrogen-bond donors (Lipinski definition) is 1. The van der Waals surface area contributed by atoms with Crippen molar-refractivity contribution in [1.82, 2.24) is 0 Å². The summed E-state index contributed by atoms with van der Waals surface area (Å²) < 4.78 is 74.5. The van der Waals surface area contributed by atoms with Crippen molar-refractivity contribution in [3.05, 3.63) is 0 Å². The number of alkyl halides is 3. The number of carbonyl (C=O) groups excluding carboxylic acids is 1. The Labute approximate surface area is 151 Å². The minimum Gasteiger partial charge on any atom is -0.465 e. The quantitative estimate of drug-likeness (QED) is 0.498. The van der Waals surface area contributed by atoms with Gasteiger partial charge in [-0.25, -0.2) is 4.39 Å². The van der Waals surface area contributed by atoms with Gasteiger partial charge in [-0.15, -0.1) is 0 Å². The normalized spacial score (nSPS) is 34.7. The molecule has 4 bridgehead atoms. The second-order valence-electron chi connectivity index (χ2n) is 8.37. The van der Waals surface area contributed by atoms with Gasteiger partial charge in [-0.1, -0.05) is 0 Å². The largest absolute Gasteiger partial charge is 0.465 e. The van der Waals surface area contributed by atoms with Crippen molar-refractivity contribution in [3.8, 4) is 0 Å². The molecule has 4 aliphatic carbocycles. The van der Waals surface area contributed by atoms with Gasteiger partial charge in [0.2, 0.25) is 0 Å². The van der Waals surface area contributed by atoms with Crippen molar-refractivity contribution in [2.24, 2.45) is 23.2 Å². The lowest BCUT2D eigenvalue weighted by molar-refractivity contribution is -0.172. The first-order valence-corrected chi connectivity index (χ1v) is 10.6. The first kappa shape index (κ1) is 19.9. The zero-order chi connectivity index (χ0) is 19.2. The molecule has 4 rings (SSSR count). The highest BCUT2D eigenvalue weighted by atomic mass is 32.2. The second-order valence-corrected chi connectivity index (χ2v) is 9.92. The minimum atomic E-state index is -5.54. The summed E-state index contributed by atoms with van der Waals surface area (Å²) >= 11 is 0. The fourth-order valence-corrected chi connectivity index (χ4v) is 5.77. The van der Waals surface area contributed by atoms with Crippen molar-refractivity contribution in [2.45, 2.75) is 69.2 Å². The van der Waals surface area contributed by atoms with Gasteiger partial charge < -0.3 is 4.74 Å². The number of rotatable bonds is 8. The molecule has 1 N–H and O–H groups in total. The van der Waals surface area contributed by atoms with Crippen LogP contribution in [0.4, 0.5) is 13.2 Å². The molecule has 4 fully saturated rings. The SMILES string of the molecule is O=C(OCCC(F)CCC(F)(F)S(=O)(=O)O)C12CC3CC(CC(C3)C1)C2. The predicted octanol–water partition coefficient (Wildman–Crippen LogP) is 3.74. The van der Waals surface area contributed by atoms with Crippen LogP contribution >= 0.6 is 0 Å². The summed E-state index contributed by atoms with van der Waals surface area (Å²) in [5.41, 5.74) is -0.446. The molecular weight excluding hydrogens is 373 g/mol. The number of esters is 1. The smallest absolute Gasteiger partial charge is 0.370 e. The van der Waals surface area contributed by atoms with Crippen LogP contribution in [-0.2, 0) is 19.6 Å². The molecule has 0 aromatic carbocycles. The molecule has 0 saturated heterocycles. The second kappa shape index (κ2) is 6.96. The van der Waals surface area contributed by atoms with Gasteiger partial charge in [0.05, 0.1) is 12.0 Å². The maximum atomic E-state index is 13.7. The van der Waals surface area contributed by atoms with Gasteiger partial charge in [0, 0.05) is 12.8 Å². The van der Waals surface area contributed by atoms with Gasteiger partial charge in [0.15, 0.2) is 0 Å². The summed E-state index contributed by atoms with van der Waals surface area (Å²) in [5, 5.41) is -4.37. The van der Waals surface area contributed by atoms with Crippen molar-refractivity contribution in [2.75, 3.05) is 6.61 Å². The first-order chi connectivity index (χ1) is 12.0. The van der Waals surface area contributed by atoms with Gasteiger partial charge in [-0.3, -0.25) is 9.35 Å². The summed E-state index contributed by atoms with van der Waals surface area (Å²) in [6, 6.07) is 0. The van der Waals surface area contributed by atoms with E-state index in [0.717, 1.165) is 19.3 Å². The maximum Gasteiger partial charge on any atom is 0.370 e. The van der Waals surface area contributed by atoms with Crippen LogP contribution < -0.4 is 0 Å². The third kappa shape index (κ3) is 4.03. The molecule has 4 saturated carbocycles. The summed E-state index contributed by atoms with van der Waals surface area (Å²) in [5.74, 6) is 1.42. The third-order valence-electron chi connectivity index (χ3n) is 6.26. The molecule has 150 valence electrons. The Hall–Kier alpha value is -0.830. The van der Waals surface area contributed by atoms with Gasteiger partial charge in [0.1, 0.15) is 6.17 Å². The van der Waals surface area contributed by atoms with Crippen molar-refractivity contribution in [3.63, 3.8) is 0 Å². The average Bonchev–Trinajstić information content (AvgIpc) is 2.50. The number of halogens is 3. The van der Waals surface area contributed by atoms with E-state index in [1.165, 1.54) is 19.3 Å². The molecule has 1 unspecified atom stereocenters. The van der Waals surface area contributed by atoms with Crippen LogP contribution in [0, 0.1) is 23.2 Å². The summed E-state index contributed by atoms with van der Waals surface area (Å²) in [7, 11) is -5.54. The van der Waals surface area contributed by atoms with E-state index >= 15 is 0 Å². The Morgan fingerprint density at radius 3 is 2.08 bits per heavy atom. The number of carbonyl (C=O) groups is 1. The molecule has 9 heteroatoms. The van der Waals surface area contributed by atoms with E-state index in [-0.39, 0.29) is 19.0 Å². The molecule has 0 aromatic rings. The lowest BCUT2D eigenvalue weighted by Gasteiger charge is -2.55. The van der Waals surface area contributed by atoms with Crippen LogP contribution in [0.15, 0.2) is 0 Å². The number of ether oxygens (including phenoxy) is 1. The van der Waals surface area contributed by atoms with Crippen LogP contribution in [-0.4, -0.2) is 37.0 Å². The molecule has 0 spiro atoms. The summed E-state index contributed by atoms with van der Waals surface area (Å²) in [6.07, 6.45) is 2.00. The molecule has 0 radical (unpaired) electrons. The highest BCUT2D eigenvalue weighted by Gasteiger charge is 2.55. The fourth-order valence-electron chi connectivity index (χ4n) is 5.39. The van der Waals surface area contributed by atoms with Crippen LogP contribution in [0.5, 0.6) is 0 Å². The third-order valence-corrected chi connectivity index (χ3v) is 7.22. The van der Waals surface area contributed by atoms with E-state index in [0.29, 0.717) is 17.8 Å². The zero-order valence-electron chi connectivity index (χ0n) is 14.5. The van der Waals surface area contributed by atoms with Gasteiger partial charge in [0.25, 0.3) is 0 Å². The van der Waals surface area contributed by atoms with Crippen LogP contribution in [0.3, 0.4) is 0 Å². The van der Waals surface area contributed by atoms with Crippen LogP contribution in [0.25, 0.3) is 0 Å². The lowest BCUT2D eigenvalue weighted by Crippen LogP contribution is -2.50. The van der Waals surface area contributed by atoms with Crippen LogP contribution in [0.2, 0.25) is 0 Å². The maximum absolute atomic E-state index is 13.7. The molecule has 0 heterocycles. The highest BCUT2D eigenvalue weighted by Crippen LogP contribution is 2.60. The van der Waals surface area contributed by atoms with E-state index in [1.54, 1.807) is 0 Å². The van der Waals surface area contributed by atoms with E-state index < -0.39 is 39.8 Å². The Kier molecular flexibility index (Phi) is 5.33. The predicted molar refractivity (Wildman–Crippen MR) is 86.8 cm³/mol. The molecule has 4 aliphatic rings. The highest BCUT2D eigenvalue weighted by molar-refractivity contribution is 7.86. The van der Waals surface area contributed by atoms with Crippen molar-refractivity contribution < 1.29 is 35.7 Å². The number of hydrogen-bond acceptors (Lipinski definition) is 4. The Bertz CT molecular complexity index is 613. The Balaban J connectivity index is 1.43. The van der Waals surface area contributed by atoms with Crippen molar-refractivity contribution >= 4 is 16.1 Å². The standard InChI is InChI=1S/C17H25F3O5S/c18-14(1-3-17(19,20)26(22,23)24)2-4-25-15(21)16-8-11-5-12(9-16)7-13(6-11)10-16/h11-14H,1-10H2,(H,22,23,24). The van der Waals surface area contributed by atoms with Gasteiger partial charge >= 0.3 is 21.3 Å². The zero-order valence-corrected chi connectivity index (χ0v) is 15.3. The molecule has 0 aliphatic heterocycles. The van der Waals surface area contributed by atoms with E-state index in [9.17, 15) is 26.4 Å². The van der Waals surface area contributed by atoms with E-state index in [1.807, 2.05) is 0 Å². The molecular formula is C17H25F3O5S. The fraction of sp³-hybridized carbons (Fsp3) is 0.941. The first-order valence-electron chi connectivity index (χ1n) is 9.17. The Morgan fingerprint density at radius 1 is 1.12 bits per heavy atom. The van der Waals surface area contributed by atoms with Gasteiger partial charge in [-0.2, -0.15) is 17.2 Å². The minimum absolute atomic E-state index is 0.209. The van der Waals surface area contributed by atoms with Crippen LogP contribution in [0.1, 0.15) is 57.8 Å². The Morgan fingerprint density at radius 2 is 1.62 bits per heavy atom. The molecule has 0 aromatic heterocycles. The van der Waals surface area contributed by atoms with Gasteiger partial charge in [-0.05, 0) is 62.7 Å². The lowest BCUT2D eigenvalue weighted by atomic mass is 9.49. The molecule has 26 heavy (non-hydrogen) atoms. The summed E-state index contributed by atoms with van der Waals surface area (Å²) in [4.78, 5) is 12.5. The monoisotopic (exact) mass is 398 g/mol. The van der Waals surface area contributed by atoms with E-state index in [4.69, 9.17) is 9.29 Å². The molecule has 5 nitrogen and oxygen atoms in total. The average molecular weight is 398 g/mol. The topological polar surface area (TPSA) is 80.7 Å². The van der Waals surface area contributed by atoms with E-state index in [2.05, 4.69) is 0 Å². The summed E-state index contributed by atoms with van der Waals surface area (Å²) in [6.45, 7) is -0.209. The molecule has 1 atom stereocenters.